The lowest BCUT2D eigenvalue weighted by Crippen LogP contribution is -2.33. The first-order chi connectivity index (χ1) is 10.0. The number of sulfonamides is 1. The van der Waals surface area contributed by atoms with Crippen LogP contribution in [0.25, 0.3) is 0 Å². The van der Waals surface area contributed by atoms with Crippen LogP contribution in [-0.4, -0.2) is 26.5 Å². The molecule has 2 N–H and O–H groups in total. The fourth-order valence-electron chi connectivity index (χ4n) is 1.92. The van der Waals surface area contributed by atoms with Gasteiger partial charge in [-0.15, -0.1) is 0 Å². The number of hydrogen-bond acceptors (Lipinski definition) is 5. The van der Waals surface area contributed by atoms with Crippen molar-refractivity contribution in [3.8, 4) is 0 Å². The monoisotopic (exact) mass is 309 g/mol. The summed E-state index contributed by atoms with van der Waals surface area (Å²) in [5.41, 5.74) is 0. The van der Waals surface area contributed by atoms with Gasteiger partial charge in [0.15, 0.2) is 0 Å². The van der Waals surface area contributed by atoms with Crippen molar-refractivity contribution in [2.24, 2.45) is 0 Å². The zero-order chi connectivity index (χ0) is 15.3. The molecule has 6 nitrogen and oxygen atoms in total. The minimum atomic E-state index is -3.54. The molecular formula is C14H19N3O3S. The number of furan rings is 1. The van der Waals surface area contributed by atoms with Gasteiger partial charge in [-0.05, 0) is 31.5 Å². The van der Waals surface area contributed by atoms with Gasteiger partial charge >= 0.3 is 0 Å². The van der Waals surface area contributed by atoms with E-state index in [1.165, 1.54) is 18.3 Å². The van der Waals surface area contributed by atoms with E-state index in [1.807, 2.05) is 19.1 Å². The Balaban J connectivity index is 1.99. The average Bonchev–Trinajstić information content (AvgIpc) is 2.98. The van der Waals surface area contributed by atoms with E-state index in [9.17, 15) is 8.42 Å². The Labute approximate surface area is 124 Å². The zero-order valence-corrected chi connectivity index (χ0v) is 12.9. The van der Waals surface area contributed by atoms with Gasteiger partial charge in [0.1, 0.15) is 11.6 Å². The van der Waals surface area contributed by atoms with Gasteiger partial charge in [0.2, 0.25) is 10.0 Å². The molecule has 0 saturated heterocycles. The van der Waals surface area contributed by atoms with E-state index in [4.69, 9.17) is 4.42 Å². The maximum Gasteiger partial charge on any atom is 0.240 e. The molecule has 0 aromatic carbocycles. The predicted molar refractivity (Wildman–Crippen MR) is 80.6 cm³/mol. The minimum absolute atomic E-state index is 0.189. The van der Waals surface area contributed by atoms with Crippen LogP contribution >= 0.6 is 0 Å². The molecule has 0 spiro atoms. The lowest BCUT2D eigenvalue weighted by Gasteiger charge is -2.14. The highest BCUT2D eigenvalue weighted by Gasteiger charge is 2.18. The second-order valence-electron chi connectivity index (χ2n) is 4.77. The highest BCUT2D eigenvalue weighted by molar-refractivity contribution is 7.89. The second kappa shape index (κ2) is 6.73. The van der Waals surface area contributed by atoms with Gasteiger partial charge in [-0.2, -0.15) is 0 Å². The Morgan fingerprint density at radius 2 is 2.19 bits per heavy atom. The van der Waals surface area contributed by atoms with Gasteiger partial charge in [0, 0.05) is 31.8 Å². The summed E-state index contributed by atoms with van der Waals surface area (Å²) in [5, 5.41) is 2.82. The fourth-order valence-corrected chi connectivity index (χ4v) is 3.21. The number of aryl methyl sites for hydroxylation is 1. The molecule has 7 heteroatoms. The minimum Gasteiger partial charge on any atom is -0.469 e. The average molecular weight is 309 g/mol. The Bertz CT molecular complexity index is 669. The third-order valence-electron chi connectivity index (χ3n) is 3.06. The summed E-state index contributed by atoms with van der Waals surface area (Å²) >= 11 is 0. The van der Waals surface area contributed by atoms with Crippen LogP contribution in [0.15, 0.2) is 46.0 Å². The zero-order valence-electron chi connectivity index (χ0n) is 12.0. The molecule has 114 valence electrons. The smallest absolute Gasteiger partial charge is 0.240 e. The molecule has 2 rings (SSSR count). The van der Waals surface area contributed by atoms with Gasteiger partial charge in [-0.3, -0.25) is 0 Å². The van der Waals surface area contributed by atoms with Crippen molar-refractivity contribution in [2.75, 3.05) is 12.4 Å². The standard InChI is InChI=1S/C14H19N3O3S/c1-11(5-6-12-4-3-9-20-12)17-21(18,19)13-7-8-16-14(10-13)15-2/h3-4,7-11,17H,5-6H2,1-2H3,(H,15,16). The van der Waals surface area contributed by atoms with Gasteiger partial charge < -0.3 is 9.73 Å². The lowest BCUT2D eigenvalue weighted by molar-refractivity contribution is 0.480. The van der Waals surface area contributed by atoms with Crippen LogP contribution in [0.2, 0.25) is 0 Å². The van der Waals surface area contributed by atoms with Gasteiger partial charge in [0.25, 0.3) is 0 Å². The summed E-state index contributed by atoms with van der Waals surface area (Å²) < 4.78 is 32.5. The van der Waals surface area contributed by atoms with E-state index in [1.54, 1.807) is 13.3 Å². The Kier molecular flexibility index (Phi) is 4.98. The van der Waals surface area contributed by atoms with Crippen molar-refractivity contribution in [3.05, 3.63) is 42.5 Å². The number of hydrogen-bond donors (Lipinski definition) is 2. The molecule has 0 aliphatic heterocycles. The Morgan fingerprint density at radius 1 is 1.38 bits per heavy atom. The van der Waals surface area contributed by atoms with Crippen molar-refractivity contribution >= 4 is 15.8 Å². The van der Waals surface area contributed by atoms with Gasteiger partial charge in [-0.25, -0.2) is 18.1 Å². The van der Waals surface area contributed by atoms with Crippen molar-refractivity contribution in [1.82, 2.24) is 9.71 Å². The number of nitrogens with zero attached hydrogens (tertiary/aromatic N) is 1. The fraction of sp³-hybridized carbons (Fsp3) is 0.357. The highest BCUT2D eigenvalue weighted by Crippen LogP contribution is 2.14. The molecule has 0 amide bonds. The number of nitrogens with one attached hydrogen (secondary N) is 2. The summed E-state index contributed by atoms with van der Waals surface area (Å²) in [6, 6.07) is 6.49. The van der Waals surface area contributed by atoms with E-state index < -0.39 is 10.0 Å². The first kappa shape index (κ1) is 15.5. The van der Waals surface area contributed by atoms with Crippen molar-refractivity contribution in [3.63, 3.8) is 0 Å². The number of anilines is 1. The predicted octanol–water partition coefficient (Wildman–Crippen LogP) is 2.02. The first-order valence-electron chi connectivity index (χ1n) is 6.70. The summed E-state index contributed by atoms with van der Waals surface area (Å²) in [5.74, 6) is 1.36. The molecule has 2 aromatic rings. The largest absolute Gasteiger partial charge is 0.469 e. The number of rotatable bonds is 7. The second-order valence-corrected chi connectivity index (χ2v) is 6.48. The maximum absolute atomic E-state index is 12.3. The molecule has 0 aliphatic carbocycles. The van der Waals surface area contributed by atoms with E-state index >= 15 is 0 Å². The first-order valence-corrected chi connectivity index (χ1v) is 8.18. The van der Waals surface area contributed by atoms with Gasteiger partial charge in [-0.1, -0.05) is 0 Å². The number of aromatic nitrogens is 1. The van der Waals surface area contributed by atoms with Gasteiger partial charge in [0.05, 0.1) is 11.2 Å². The molecule has 0 saturated carbocycles. The number of pyridine rings is 1. The van der Waals surface area contributed by atoms with E-state index in [0.717, 1.165) is 5.76 Å². The molecular weight excluding hydrogens is 290 g/mol. The Morgan fingerprint density at radius 3 is 2.86 bits per heavy atom. The van der Waals surface area contributed by atoms with Crippen molar-refractivity contribution < 1.29 is 12.8 Å². The summed E-state index contributed by atoms with van der Waals surface area (Å²) in [7, 11) is -1.85. The molecule has 1 atom stereocenters. The summed E-state index contributed by atoms with van der Waals surface area (Å²) in [6.07, 6.45) is 4.43. The quantitative estimate of drug-likeness (QED) is 0.817. The molecule has 1 unspecified atom stereocenters. The molecule has 0 aliphatic rings. The maximum atomic E-state index is 12.3. The SMILES string of the molecule is CNc1cc(S(=O)(=O)NC(C)CCc2ccco2)ccn1. The van der Waals surface area contributed by atoms with Crippen LogP contribution in [0.3, 0.4) is 0 Å². The van der Waals surface area contributed by atoms with Crippen LogP contribution in [-0.2, 0) is 16.4 Å². The topological polar surface area (TPSA) is 84.2 Å². The molecule has 2 heterocycles. The summed E-state index contributed by atoms with van der Waals surface area (Å²) in [4.78, 5) is 4.21. The van der Waals surface area contributed by atoms with Crippen molar-refractivity contribution in [1.29, 1.82) is 0 Å². The Hall–Kier alpha value is -1.86. The van der Waals surface area contributed by atoms with Crippen LogP contribution in [0.4, 0.5) is 5.82 Å². The van der Waals surface area contributed by atoms with Crippen LogP contribution in [0.5, 0.6) is 0 Å². The molecule has 0 radical (unpaired) electrons. The molecule has 0 fully saturated rings. The van der Waals surface area contributed by atoms with Crippen LogP contribution < -0.4 is 10.0 Å². The third-order valence-corrected chi connectivity index (χ3v) is 4.65. The molecule has 2 aromatic heterocycles. The third kappa shape index (κ3) is 4.30. The summed E-state index contributed by atoms with van der Waals surface area (Å²) in [6.45, 7) is 1.83. The van der Waals surface area contributed by atoms with E-state index in [2.05, 4.69) is 15.0 Å². The normalized spacial score (nSPS) is 13.0. The lowest BCUT2D eigenvalue weighted by atomic mass is 10.2. The van der Waals surface area contributed by atoms with Crippen molar-refractivity contribution in [2.45, 2.75) is 30.7 Å². The molecule has 21 heavy (non-hydrogen) atoms. The van der Waals surface area contributed by atoms with Crippen LogP contribution in [0.1, 0.15) is 19.1 Å². The molecule has 0 bridgehead atoms. The van der Waals surface area contributed by atoms with E-state index in [0.29, 0.717) is 18.7 Å². The highest BCUT2D eigenvalue weighted by atomic mass is 32.2. The van der Waals surface area contributed by atoms with Crippen LogP contribution in [0, 0.1) is 0 Å². The van der Waals surface area contributed by atoms with E-state index in [-0.39, 0.29) is 10.9 Å².